The second-order valence-corrected chi connectivity index (χ2v) is 5.58. The minimum absolute atomic E-state index is 0.176. The molecule has 0 atom stereocenters. The number of carboxylic acids is 1. The van der Waals surface area contributed by atoms with Gasteiger partial charge in [-0.1, -0.05) is 39.7 Å². The van der Waals surface area contributed by atoms with E-state index in [0.29, 0.717) is 24.4 Å². The van der Waals surface area contributed by atoms with E-state index in [1.165, 1.54) is 14.0 Å². The Hall–Kier alpha value is -3.16. The Morgan fingerprint density at radius 2 is 1.27 bits per heavy atom. The van der Waals surface area contributed by atoms with Crippen LogP contribution >= 0.6 is 0 Å². The van der Waals surface area contributed by atoms with Crippen molar-refractivity contribution in [1.29, 1.82) is 0 Å². The topological polar surface area (TPSA) is 116 Å². The molecule has 0 amide bonds. The van der Waals surface area contributed by atoms with Crippen molar-refractivity contribution in [3.63, 3.8) is 0 Å². The Morgan fingerprint density at radius 1 is 0.867 bits per heavy atom. The van der Waals surface area contributed by atoms with Crippen molar-refractivity contribution in [3.05, 3.63) is 49.1 Å². The lowest BCUT2D eigenvalue weighted by Gasteiger charge is -2.01. The van der Waals surface area contributed by atoms with Gasteiger partial charge in [-0.15, -0.1) is 0 Å². The molecule has 0 aliphatic carbocycles. The normalized spacial score (nSPS) is 8.07. The van der Waals surface area contributed by atoms with E-state index in [1.807, 2.05) is 0 Å². The summed E-state index contributed by atoms with van der Waals surface area (Å²) in [5.74, 6) is -1.93. The Labute approximate surface area is 179 Å². The fourth-order valence-electron chi connectivity index (χ4n) is 0.770. The second-order valence-electron chi connectivity index (χ2n) is 5.58. The molecule has 0 fully saturated rings. The quantitative estimate of drug-likeness (QED) is 0.267. The summed E-state index contributed by atoms with van der Waals surface area (Å²) in [7, 11) is 1.31. The van der Waals surface area contributed by atoms with E-state index < -0.39 is 11.9 Å². The molecule has 0 unspecified atom stereocenters. The molecule has 1 N–H and O–H groups in total. The lowest BCUT2D eigenvalue weighted by atomic mass is 10.3. The van der Waals surface area contributed by atoms with E-state index in [2.05, 4.69) is 42.7 Å². The van der Waals surface area contributed by atoms with Gasteiger partial charge in [0, 0.05) is 22.8 Å². The highest BCUT2D eigenvalue weighted by Crippen LogP contribution is 1.94. The van der Waals surface area contributed by atoms with E-state index in [9.17, 15) is 19.2 Å². The molecule has 8 nitrogen and oxygen atoms in total. The van der Waals surface area contributed by atoms with Gasteiger partial charge < -0.3 is 19.3 Å². The number of ether oxygens (including phenoxy) is 3. The van der Waals surface area contributed by atoms with Crippen molar-refractivity contribution >= 4 is 23.9 Å². The monoisotopic (exact) mass is 428 g/mol. The molecule has 0 radical (unpaired) electrons. The zero-order valence-corrected chi connectivity index (χ0v) is 19.0. The number of aliphatic carboxylic acids is 1. The number of carbonyl (C=O) groups is 4. The predicted octanol–water partition coefficient (Wildman–Crippen LogP) is 4.02. The van der Waals surface area contributed by atoms with E-state index >= 15 is 0 Å². The predicted molar refractivity (Wildman–Crippen MR) is 117 cm³/mol. The van der Waals surface area contributed by atoms with Crippen LogP contribution in [-0.2, 0) is 33.4 Å². The molecule has 0 rings (SSSR count). The summed E-state index contributed by atoms with van der Waals surface area (Å²) in [6.07, 6.45) is 3.09. The fraction of sp³-hybridized carbons (Fsp3) is 0.455. The number of carboxylic acid groups (broad SMARTS) is 1. The number of carbonyl (C=O) groups excluding carboxylic acids is 3. The summed E-state index contributed by atoms with van der Waals surface area (Å²) < 4.78 is 13.5. The van der Waals surface area contributed by atoms with Gasteiger partial charge in [-0.05, 0) is 34.1 Å². The van der Waals surface area contributed by atoms with E-state index in [1.54, 1.807) is 20.8 Å². The molecule has 0 saturated heterocycles. The van der Waals surface area contributed by atoms with Gasteiger partial charge in [0.2, 0.25) is 0 Å². The molecule has 0 heterocycles. The number of esters is 3. The lowest BCUT2D eigenvalue weighted by molar-refractivity contribution is -0.139. The van der Waals surface area contributed by atoms with Crippen molar-refractivity contribution < 1.29 is 38.5 Å². The highest BCUT2D eigenvalue weighted by atomic mass is 16.5. The third kappa shape index (κ3) is 32.5. The average Bonchev–Trinajstić information content (AvgIpc) is 2.68. The van der Waals surface area contributed by atoms with Gasteiger partial charge in [0.25, 0.3) is 0 Å². The van der Waals surface area contributed by atoms with Gasteiger partial charge in [0.05, 0.1) is 20.3 Å². The first kappa shape index (κ1) is 34.4. The molecule has 8 heteroatoms. The fourth-order valence-corrected chi connectivity index (χ4v) is 0.770. The molecule has 0 aliphatic heterocycles. The lowest BCUT2D eigenvalue weighted by Crippen LogP contribution is -2.05. The Bertz CT molecular complexity index is 573. The minimum Gasteiger partial charge on any atom is -0.478 e. The molecular formula is C22H36O8. The second kappa shape index (κ2) is 23.9. The highest BCUT2D eigenvalue weighted by molar-refractivity contribution is 5.87. The van der Waals surface area contributed by atoms with Crippen molar-refractivity contribution in [2.45, 2.75) is 47.5 Å². The van der Waals surface area contributed by atoms with Crippen LogP contribution in [0.5, 0.6) is 0 Å². The molecule has 172 valence electrons. The van der Waals surface area contributed by atoms with Crippen LogP contribution in [0.15, 0.2) is 49.1 Å². The third-order valence-electron chi connectivity index (χ3n) is 2.44. The molecule has 0 aromatic heterocycles. The number of rotatable bonds is 8. The van der Waals surface area contributed by atoms with Crippen LogP contribution in [0.2, 0.25) is 0 Å². The Morgan fingerprint density at radius 3 is 1.43 bits per heavy atom. The maximum Gasteiger partial charge on any atom is 0.333 e. The molecule has 0 aromatic carbocycles. The molecular weight excluding hydrogens is 392 g/mol. The maximum atomic E-state index is 10.7. The van der Waals surface area contributed by atoms with Crippen molar-refractivity contribution in [2.24, 2.45) is 0 Å². The Kier molecular flexibility index (Phi) is 27.3. The van der Waals surface area contributed by atoms with Crippen LogP contribution in [0.4, 0.5) is 0 Å². The van der Waals surface area contributed by atoms with Crippen LogP contribution in [-0.4, -0.2) is 49.3 Å². The van der Waals surface area contributed by atoms with Gasteiger partial charge in [0.15, 0.2) is 0 Å². The van der Waals surface area contributed by atoms with Crippen LogP contribution in [0.1, 0.15) is 47.5 Å². The van der Waals surface area contributed by atoms with Crippen LogP contribution in [0.3, 0.4) is 0 Å². The first-order valence-electron chi connectivity index (χ1n) is 9.06. The largest absolute Gasteiger partial charge is 0.478 e. The SMILES string of the molecule is C=C(C)C(=O)O.C=C(C)C(=O)OCC.C=C(C)C(=O)OCCCC.C=CC(=O)OC. The minimum atomic E-state index is -0.935. The summed E-state index contributed by atoms with van der Waals surface area (Å²) >= 11 is 0. The number of unbranched alkanes of at least 4 members (excludes halogenated alkanes) is 1. The molecule has 0 saturated carbocycles. The Balaban J connectivity index is -0.000000154. The average molecular weight is 429 g/mol. The first-order chi connectivity index (χ1) is 13.8. The zero-order valence-electron chi connectivity index (χ0n) is 19.0. The molecule has 0 bridgehead atoms. The van der Waals surface area contributed by atoms with Crippen molar-refractivity contribution in [3.8, 4) is 0 Å². The van der Waals surface area contributed by atoms with Gasteiger partial charge >= 0.3 is 23.9 Å². The summed E-state index contributed by atoms with van der Waals surface area (Å²) in [5.41, 5.74) is 1.10. The van der Waals surface area contributed by atoms with Crippen LogP contribution in [0.25, 0.3) is 0 Å². The molecule has 0 aromatic rings. The van der Waals surface area contributed by atoms with E-state index in [-0.39, 0.29) is 17.5 Å². The molecule has 0 aliphatic rings. The molecule has 0 spiro atoms. The van der Waals surface area contributed by atoms with Gasteiger partial charge in [-0.2, -0.15) is 0 Å². The smallest absolute Gasteiger partial charge is 0.333 e. The standard InChI is InChI=1S/C8H14O2.C6H10O2.2C4H6O2/c1-4-5-6-10-8(9)7(2)3;1-4-8-6(7)5(2)3;1-3-4(5)6-2;1-3(2)4(5)6/h2,4-6H2,1,3H3;2,4H2,1,3H3;3H,1H2,2H3;1H2,2H3,(H,5,6). The van der Waals surface area contributed by atoms with E-state index in [0.717, 1.165) is 18.9 Å². The van der Waals surface area contributed by atoms with Gasteiger partial charge in [0.1, 0.15) is 0 Å². The molecule has 30 heavy (non-hydrogen) atoms. The third-order valence-corrected chi connectivity index (χ3v) is 2.44. The summed E-state index contributed by atoms with van der Waals surface area (Å²) in [5, 5.41) is 7.89. The van der Waals surface area contributed by atoms with Crippen molar-refractivity contribution in [1.82, 2.24) is 0 Å². The maximum absolute atomic E-state index is 10.7. The van der Waals surface area contributed by atoms with Crippen molar-refractivity contribution in [2.75, 3.05) is 20.3 Å². The van der Waals surface area contributed by atoms with Gasteiger partial charge in [-0.3, -0.25) is 0 Å². The van der Waals surface area contributed by atoms with Crippen LogP contribution < -0.4 is 0 Å². The first-order valence-corrected chi connectivity index (χ1v) is 9.06. The number of methoxy groups -OCH3 is 1. The number of hydrogen-bond acceptors (Lipinski definition) is 7. The highest BCUT2D eigenvalue weighted by Gasteiger charge is 2.00. The van der Waals surface area contributed by atoms with E-state index in [4.69, 9.17) is 9.84 Å². The van der Waals surface area contributed by atoms with Crippen LogP contribution in [0, 0.1) is 0 Å². The number of hydrogen-bond donors (Lipinski definition) is 1. The van der Waals surface area contributed by atoms with Gasteiger partial charge in [-0.25, -0.2) is 19.2 Å². The summed E-state index contributed by atoms with van der Waals surface area (Å²) in [6.45, 7) is 22.6. The summed E-state index contributed by atoms with van der Waals surface area (Å²) in [6, 6.07) is 0. The zero-order chi connectivity index (χ0) is 24.7. The summed E-state index contributed by atoms with van der Waals surface area (Å²) in [4.78, 5) is 40.6.